The number of hydrogen-bond acceptors (Lipinski definition) is 5. The van der Waals surface area contributed by atoms with E-state index in [1.807, 2.05) is 20.8 Å². The number of ketones is 1. The molecule has 2 aliphatic rings. The fraction of sp³-hybridized carbons (Fsp3) is 0.667. The number of carbonyl (C=O) groups is 1. The number of allylic oxidation sites excluding steroid dienone is 2. The molecule has 0 spiro atoms. The van der Waals surface area contributed by atoms with E-state index in [-0.39, 0.29) is 11.3 Å². The minimum absolute atomic E-state index is 0.0581. The summed E-state index contributed by atoms with van der Waals surface area (Å²) >= 11 is 0. The molecule has 2 aliphatic heterocycles. The summed E-state index contributed by atoms with van der Waals surface area (Å²) < 4.78 is 0. The lowest BCUT2D eigenvalue weighted by Crippen LogP contribution is -2.54. The molecule has 0 N–H and O–H groups in total. The topological polar surface area (TPSA) is 48.3 Å². The van der Waals surface area contributed by atoms with Crippen LogP contribution in [0.3, 0.4) is 0 Å². The van der Waals surface area contributed by atoms with Crippen LogP contribution in [0.25, 0.3) is 0 Å². The van der Waals surface area contributed by atoms with Crippen molar-refractivity contribution in [1.82, 2.24) is 9.80 Å². The van der Waals surface area contributed by atoms with Gasteiger partial charge in [-0.05, 0) is 26.6 Å². The van der Waals surface area contributed by atoms with Crippen molar-refractivity contribution >= 4 is 17.6 Å². The number of piperazine rings is 1. The van der Waals surface area contributed by atoms with Gasteiger partial charge >= 0.3 is 0 Å². The Morgan fingerprint density at radius 2 is 1.70 bits per heavy atom. The third-order valence-electron chi connectivity index (χ3n) is 4.16. The van der Waals surface area contributed by atoms with E-state index >= 15 is 0 Å². The first-order chi connectivity index (χ1) is 10.6. The molecule has 0 atom stereocenters. The van der Waals surface area contributed by atoms with Crippen LogP contribution in [-0.4, -0.2) is 59.1 Å². The maximum Gasteiger partial charge on any atom is 0.233 e. The summed E-state index contributed by atoms with van der Waals surface area (Å²) in [5.41, 5.74) is 0.319. The van der Waals surface area contributed by atoms with E-state index in [9.17, 15) is 4.79 Å². The number of carbonyl (C=O) groups excluding carboxylic acids is 1. The highest BCUT2D eigenvalue weighted by atomic mass is 16.1. The molecular weight excluding hydrogens is 288 g/mol. The van der Waals surface area contributed by atoms with Crippen molar-refractivity contribution in [2.75, 3.05) is 26.2 Å². The van der Waals surface area contributed by atoms with Gasteiger partial charge in [-0.3, -0.25) is 9.69 Å². The van der Waals surface area contributed by atoms with Crippen LogP contribution in [0.2, 0.25) is 0 Å². The van der Waals surface area contributed by atoms with Crippen LogP contribution in [0.5, 0.6) is 0 Å². The van der Waals surface area contributed by atoms with Crippen molar-refractivity contribution in [2.24, 2.45) is 15.4 Å². The number of nitrogens with zero attached hydrogens (tertiary/aromatic N) is 4. The van der Waals surface area contributed by atoms with E-state index in [0.29, 0.717) is 11.5 Å². The average Bonchev–Trinajstić information content (AvgIpc) is 2.70. The molecule has 0 aromatic heterocycles. The molecule has 0 saturated carbocycles. The summed E-state index contributed by atoms with van der Waals surface area (Å²) in [5.74, 6) is 3.57. The molecule has 5 nitrogen and oxygen atoms in total. The fourth-order valence-electron chi connectivity index (χ4n) is 2.64. The Bertz CT molecular complexity index is 587. The summed E-state index contributed by atoms with van der Waals surface area (Å²) in [4.78, 5) is 25.7. The van der Waals surface area contributed by atoms with E-state index < -0.39 is 5.41 Å². The first-order valence-corrected chi connectivity index (χ1v) is 8.21. The van der Waals surface area contributed by atoms with Gasteiger partial charge in [-0.2, -0.15) is 4.99 Å². The zero-order valence-electron chi connectivity index (χ0n) is 15.2. The number of guanidine groups is 1. The summed E-state index contributed by atoms with van der Waals surface area (Å²) in [6, 6.07) is 0. The first-order valence-electron chi connectivity index (χ1n) is 8.21. The fourth-order valence-corrected chi connectivity index (χ4v) is 2.64. The molecule has 0 bridgehead atoms. The summed E-state index contributed by atoms with van der Waals surface area (Å²) in [6.45, 7) is 16.2. The lowest BCUT2D eigenvalue weighted by molar-refractivity contribution is -0.122. The number of rotatable bonds is 1. The van der Waals surface area contributed by atoms with Gasteiger partial charge in [0.25, 0.3) is 0 Å². The summed E-state index contributed by atoms with van der Waals surface area (Å²) in [7, 11) is 0. The third kappa shape index (κ3) is 4.40. The molecule has 2 rings (SSSR count). The molecule has 0 amide bonds. The van der Waals surface area contributed by atoms with Gasteiger partial charge in [0.2, 0.25) is 5.96 Å². The summed E-state index contributed by atoms with van der Waals surface area (Å²) in [6.07, 6.45) is 3.26. The van der Waals surface area contributed by atoms with E-state index in [2.05, 4.69) is 46.4 Å². The van der Waals surface area contributed by atoms with Crippen LogP contribution < -0.4 is 0 Å². The molecule has 23 heavy (non-hydrogen) atoms. The van der Waals surface area contributed by atoms with Crippen LogP contribution in [0.4, 0.5) is 0 Å². The zero-order chi connectivity index (χ0) is 17.3. The lowest BCUT2D eigenvalue weighted by atomic mass is 9.86. The smallest absolute Gasteiger partial charge is 0.233 e. The van der Waals surface area contributed by atoms with Crippen LogP contribution in [0.1, 0.15) is 41.5 Å². The van der Waals surface area contributed by atoms with Crippen LogP contribution >= 0.6 is 0 Å². The van der Waals surface area contributed by atoms with Crippen molar-refractivity contribution in [2.45, 2.75) is 47.1 Å². The predicted molar refractivity (Wildman–Crippen MR) is 94.9 cm³/mol. The van der Waals surface area contributed by atoms with Gasteiger partial charge in [0, 0.05) is 55.0 Å². The van der Waals surface area contributed by atoms with Gasteiger partial charge in [0.15, 0.2) is 5.78 Å². The third-order valence-corrected chi connectivity index (χ3v) is 4.16. The van der Waals surface area contributed by atoms with E-state index in [4.69, 9.17) is 0 Å². The van der Waals surface area contributed by atoms with Gasteiger partial charge in [-0.1, -0.05) is 20.8 Å². The highest BCUT2D eigenvalue weighted by Crippen LogP contribution is 2.21. The Kier molecular flexibility index (Phi) is 4.92. The lowest BCUT2D eigenvalue weighted by Gasteiger charge is -2.42. The largest absolute Gasteiger partial charge is 0.338 e. The van der Waals surface area contributed by atoms with Crippen molar-refractivity contribution in [1.29, 1.82) is 0 Å². The standard InChI is InChI=1S/C18H28N4O/c1-17(2,3)15(23)14-7-8-19-16(20-13-14)21-9-11-22(12-10-21)18(4,5)6/h7,13H,9-12H2,1-6H3. The molecule has 0 aromatic carbocycles. The quantitative estimate of drug-likeness (QED) is 0.747. The van der Waals surface area contributed by atoms with Crippen molar-refractivity contribution in [3.63, 3.8) is 0 Å². The normalized spacial score (nSPS) is 20.2. The molecule has 1 saturated heterocycles. The maximum absolute atomic E-state index is 12.3. The predicted octanol–water partition coefficient (Wildman–Crippen LogP) is 2.50. The number of hydrogen-bond donors (Lipinski definition) is 0. The van der Waals surface area contributed by atoms with Gasteiger partial charge < -0.3 is 4.90 Å². The molecule has 126 valence electrons. The molecule has 1 fully saturated rings. The Labute approximate surface area is 139 Å². The second-order valence-electron chi connectivity index (χ2n) is 8.12. The molecule has 0 radical (unpaired) electrons. The SMILES string of the molecule is CC(C)(C)C(=O)C1=CN=C(N2CCN(C(C)(C)C)CC2)N=C=C1. The number of aliphatic imine (C=N–C) groups is 2. The van der Waals surface area contributed by atoms with Gasteiger partial charge in [0.1, 0.15) is 0 Å². The van der Waals surface area contributed by atoms with E-state index in [0.717, 1.165) is 26.2 Å². The molecule has 0 unspecified atom stereocenters. The van der Waals surface area contributed by atoms with Crippen LogP contribution in [0, 0.1) is 5.41 Å². The minimum atomic E-state index is -0.428. The van der Waals surface area contributed by atoms with Crippen molar-refractivity contribution < 1.29 is 4.79 Å². The van der Waals surface area contributed by atoms with Crippen LogP contribution in [-0.2, 0) is 4.79 Å². The average molecular weight is 316 g/mol. The Hall–Kier alpha value is -1.71. The Morgan fingerprint density at radius 3 is 2.22 bits per heavy atom. The molecule has 5 heteroatoms. The van der Waals surface area contributed by atoms with Gasteiger partial charge in [0.05, 0.1) is 0 Å². The Morgan fingerprint density at radius 1 is 1.09 bits per heavy atom. The second kappa shape index (κ2) is 6.42. The molecular formula is C18H28N4O. The van der Waals surface area contributed by atoms with Crippen molar-refractivity contribution in [3.05, 3.63) is 17.8 Å². The summed E-state index contributed by atoms with van der Waals surface area (Å²) in [5, 5.41) is 0. The van der Waals surface area contributed by atoms with E-state index in [1.54, 1.807) is 12.3 Å². The molecule has 2 heterocycles. The minimum Gasteiger partial charge on any atom is -0.338 e. The molecule has 0 aromatic rings. The zero-order valence-corrected chi connectivity index (χ0v) is 15.2. The van der Waals surface area contributed by atoms with Crippen molar-refractivity contribution in [3.8, 4) is 0 Å². The first kappa shape index (κ1) is 17.6. The highest BCUT2D eigenvalue weighted by Gasteiger charge is 2.28. The van der Waals surface area contributed by atoms with E-state index in [1.165, 1.54) is 0 Å². The van der Waals surface area contributed by atoms with Crippen LogP contribution in [0.15, 0.2) is 27.8 Å². The maximum atomic E-state index is 12.3. The van der Waals surface area contributed by atoms with Gasteiger partial charge in [-0.15, -0.1) is 0 Å². The van der Waals surface area contributed by atoms with Gasteiger partial charge in [-0.25, -0.2) is 4.99 Å². The second-order valence-corrected chi connectivity index (χ2v) is 8.12. The number of Topliss-reactive ketones (excluding diaryl/α,β-unsaturated/α-hetero) is 1. The highest BCUT2D eigenvalue weighted by molar-refractivity contribution is 6.04. The monoisotopic (exact) mass is 316 g/mol. The Balaban J connectivity index is 2.09. The molecule has 0 aliphatic carbocycles.